The quantitative estimate of drug-likeness (QED) is 0.531. The van der Waals surface area contributed by atoms with Crippen LogP contribution in [-0.2, 0) is 23.1 Å². The molecule has 158 valence electrons. The maximum atomic E-state index is 12.7. The van der Waals surface area contributed by atoms with Gasteiger partial charge in [-0.2, -0.15) is 4.68 Å². The fourth-order valence-electron chi connectivity index (χ4n) is 2.16. The van der Waals surface area contributed by atoms with Gasteiger partial charge in [0.25, 0.3) is 0 Å². The van der Waals surface area contributed by atoms with Crippen molar-refractivity contribution >= 4 is 29.4 Å². The van der Waals surface area contributed by atoms with Crippen molar-refractivity contribution in [3.8, 4) is 5.75 Å². The average Bonchev–Trinajstić information content (AvgIpc) is 3.02. The van der Waals surface area contributed by atoms with Crippen LogP contribution in [0, 0.1) is 0 Å². The lowest BCUT2D eigenvalue weighted by molar-refractivity contribution is -0.717. The number of anilines is 1. The van der Waals surface area contributed by atoms with Crippen molar-refractivity contribution in [3.05, 3.63) is 28.3 Å². The number of H-pyrrole nitrogens is 1. The number of benzene rings is 1. The summed E-state index contributed by atoms with van der Waals surface area (Å²) in [4.78, 5) is 24.2. The van der Waals surface area contributed by atoms with Gasteiger partial charge in [0, 0.05) is 25.6 Å². The summed E-state index contributed by atoms with van der Waals surface area (Å²) in [6, 6.07) is 2.00. The fourth-order valence-corrected chi connectivity index (χ4v) is 2.47. The van der Waals surface area contributed by atoms with Gasteiger partial charge in [0.05, 0.1) is 29.3 Å². The highest BCUT2D eigenvalue weighted by molar-refractivity contribution is 6.35. The molecule has 0 bridgehead atoms. The zero-order valence-electron chi connectivity index (χ0n) is 15.3. The first-order valence-electron chi connectivity index (χ1n) is 8.03. The van der Waals surface area contributed by atoms with Gasteiger partial charge in [-0.25, -0.2) is 5.32 Å². The van der Waals surface area contributed by atoms with E-state index in [-0.39, 0.29) is 35.1 Å². The maximum Gasteiger partial charge on any atom is 0.573 e. The Hall–Kier alpha value is -2.93. The number of nitrogens with one attached hydrogen (secondary N) is 3. The molecule has 0 saturated heterocycles. The number of alkyl halides is 3. The Labute approximate surface area is 167 Å². The number of rotatable bonds is 8. The highest BCUT2D eigenvalue weighted by atomic mass is 35.5. The number of nitrogens with zero attached hydrogens (tertiary/aromatic N) is 3. The molecule has 1 aromatic carbocycles. The summed E-state index contributed by atoms with van der Waals surface area (Å²) in [5.74, 6) is -1.82. The Balaban J connectivity index is 2.30. The molecule has 29 heavy (non-hydrogen) atoms. The number of methoxy groups -OCH3 is 1. The van der Waals surface area contributed by atoms with E-state index in [1.54, 1.807) is 0 Å². The van der Waals surface area contributed by atoms with Crippen molar-refractivity contribution in [1.29, 1.82) is 0 Å². The summed E-state index contributed by atoms with van der Waals surface area (Å²) in [6.45, 7) is -0.270. The molecule has 0 fully saturated rings. The Morgan fingerprint density at radius 2 is 2.07 bits per heavy atom. The van der Waals surface area contributed by atoms with Gasteiger partial charge in [-0.05, 0) is 12.1 Å². The van der Waals surface area contributed by atoms with Gasteiger partial charge >= 0.3 is 18.2 Å². The summed E-state index contributed by atoms with van der Waals surface area (Å²) in [7, 11) is 2.93. The molecule has 0 aliphatic heterocycles. The molecule has 0 spiro atoms. The van der Waals surface area contributed by atoms with Gasteiger partial charge in [-0.15, -0.1) is 18.4 Å². The number of aromatic amines is 1. The van der Waals surface area contributed by atoms with Gasteiger partial charge < -0.3 is 14.8 Å². The first kappa shape index (κ1) is 22.4. The van der Waals surface area contributed by atoms with E-state index >= 15 is 0 Å². The molecule has 2 amide bonds. The summed E-state index contributed by atoms with van der Waals surface area (Å²) in [6.07, 6.45) is -5.00. The summed E-state index contributed by atoms with van der Waals surface area (Å²) >= 11 is 6.17. The molecule has 14 heteroatoms. The lowest BCUT2D eigenvalue weighted by Crippen LogP contribution is -2.35. The van der Waals surface area contributed by atoms with Crippen molar-refractivity contribution in [2.75, 3.05) is 19.0 Å². The van der Waals surface area contributed by atoms with E-state index in [0.717, 1.165) is 12.1 Å². The van der Waals surface area contributed by atoms with Gasteiger partial charge in [0.1, 0.15) is 11.0 Å². The zero-order chi connectivity index (χ0) is 21.6. The minimum Gasteiger partial charge on any atom is -0.405 e. The third-order valence-corrected chi connectivity index (χ3v) is 3.98. The van der Waals surface area contributed by atoms with Crippen molar-refractivity contribution in [3.63, 3.8) is 0 Å². The van der Waals surface area contributed by atoms with Gasteiger partial charge in [0.15, 0.2) is 0 Å². The minimum absolute atomic E-state index is 0.00752. The molecule has 2 aromatic rings. The molecule has 0 aliphatic rings. The largest absolute Gasteiger partial charge is 0.573 e. The Kier molecular flexibility index (Phi) is 7.34. The van der Waals surface area contributed by atoms with E-state index in [9.17, 15) is 22.8 Å². The average molecular weight is 438 g/mol. The SMILES string of the molecule is COCCC(=O)NCc1c(OC(F)(F)F)ccc(C(=O)Nc2nn[nH][n+]2C)c1Cl. The number of aryl methyl sites for hydroxylation is 1. The number of hydrogen-bond acceptors (Lipinski definition) is 6. The smallest absolute Gasteiger partial charge is 0.405 e. The molecule has 0 unspecified atom stereocenters. The van der Waals surface area contributed by atoms with Crippen molar-refractivity contribution in [2.45, 2.75) is 19.3 Å². The second-order valence-electron chi connectivity index (χ2n) is 5.61. The van der Waals surface area contributed by atoms with Crippen LogP contribution in [0.1, 0.15) is 22.3 Å². The number of halogens is 4. The molecule has 10 nitrogen and oxygen atoms in total. The highest BCUT2D eigenvalue weighted by Gasteiger charge is 2.33. The van der Waals surface area contributed by atoms with E-state index in [1.165, 1.54) is 18.8 Å². The van der Waals surface area contributed by atoms with Crippen LogP contribution in [0.5, 0.6) is 5.75 Å². The molecule has 0 atom stereocenters. The van der Waals surface area contributed by atoms with Gasteiger partial charge in [-0.3, -0.25) is 9.59 Å². The number of amides is 2. The molecule has 1 heterocycles. The number of ether oxygens (including phenoxy) is 2. The van der Waals surface area contributed by atoms with Crippen LogP contribution in [0.2, 0.25) is 5.02 Å². The second-order valence-corrected chi connectivity index (χ2v) is 5.99. The van der Waals surface area contributed by atoms with Crippen molar-refractivity contribution in [1.82, 2.24) is 20.8 Å². The van der Waals surface area contributed by atoms with Crippen molar-refractivity contribution < 1.29 is 36.9 Å². The van der Waals surface area contributed by atoms with E-state index in [0.29, 0.717) is 0 Å². The number of carbonyl (C=O) groups is 2. The topological polar surface area (TPSA) is 122 Å². The Bertz CT molecular complexity index is 889. The molecule has 3 N–H and O–H groups in total. The highest BCUT2D eigenvalue weighted by Crippen LogP contribution is 2.33. The first-order chi connectivity index (χ1) is 13.6. The van der Waals surface area contributed by atoms with Crippen LogP contribution in [-0.4, -0.2) is 47.4 Å². The fraction of sp³-hybridized carbons (Fsp3) is 0.400. The van der Waals surface area contributed by atoms with Crippen LogP contribution in [0.4, 0.5) is 19.1 Å². The van der Waals surface area contributed by atoms with Gasteiger partial charge in [-0.1, -0.05) is 11.6 Å². The third-order valence-electron chi connectivity index (χ3n) is 3.55. The van der Waals surface area contributed by atoms with E-state index < -0.39 is 30.5 Å². The summed E-state index contributed by atoms with van der Waals surface area (Å²) in [5.41, 5.74) is -0.364. The second kappa shape index (κ2) is 9.52. The monoisotopic (exact) mass is 437 g/mol. The first-order valence-corrected chi connectivity index (χ1v) is 8.41. The lowest BCUT2D eigenvalue weighted by Gasteiger charge is -2.16. The predicted octanol–water partition coefficient (Wildman–Crippen LogP) is 1.09. The minimum atomic E-state index is -4.99. The summed E-state index contributed by atoms with van der Waals surface area (Å²) in [5, 5.41) is 14.0. The van der Waals surface area contributed by atoms with E-state index in [2.05, 4.69) is 30.9 Å². The zero-order valence-corrected chi connectivity index (χ0v) is 16.0. The lowest BCUT2D eigenvalue weighted by atomic mass is 10.1. The Morgan fingerprint density at radius 1 is 1.34 bits per heavy atom. The van der Waals surface area contributed by atoms with Crippen LogP contribution in [0.25, 0.3) is 0 Å². The number of aromatic nitrogens is 4. The van der Waals surface area contributed by atoms with Crippen LogP contribution < -0.4 is 20.1 Å². The third kappa shape index (κ3) is 6.29. The standard InChI is InChI=1S/C15H16ClF3N6O4/c1-25-14(22-23-24-25)21-13(27)8-3-4-10(29-15(17,18)19)9(12(8)16)7-20-11(26)5-6-28-2/h3-4H,5-7H2,1-2H3,(H2,20,21,22,24,26,27)/p+1. The maximum absolute atomic E-state index is 12.7. The van der Waals surface area contributed by atoms with Gasteiger partial charge in [0.2, 0.25) is 5.91 Å². The number of tetrazole rings is 1. The number of carbonyl (C=O) groups excluding carboxylic acids is 2. The Morgan fingerprint density at radius 3 is 2.66 bits per heavy atom. The molecule has 0 radical (unpaired) electrons. The van der Waals surface area contributed by atoms with Crippen LogP contribution in [0.15, 0.2) is 12.1 Å². The normalized spacial score (nSPS) is 11.2. The molecule has 0 aliphatic carbocycles. The molecular weight excluding hydrogens is 421 g/mol. The van der Waals surface area contributed by atoms with Crippen LogP contribution in [0.3, 0.4) is 0 Å². The van der Waals surface area contributed by atoms with E-state index in [4.69, 9.17) is 16.3 Å². The molecule has 0 saturated carbocycles. The van der Waals surface area contributed by atoms with E-state index in [1.807, 2.05) is 0 Å². The molecular formula is C15H17ClF3N6O4+. The van der Waals surface area contributed by atoms with Crippen LogP contribution >= 0.6 is 11.6 Å². The number of hydrogen-bond donors (Lipinski definition) is 3. The van der Waals surface area contributed by atoms with Crippen molar-refractivity contribution in [2.24, 2.45) is 7.05 Å². The molecule has 2 rings (SSSR count). The predicted molar refractivity (Wildman–Crippen MR) is 92.0 cm³/mol. The molecule has 1 aromatic heterocycles. The summed E-state index contributed by atoms with van der Waals surface area (Å²) < 4.78 is 48.1.